The second kappa shape index (κ2) is 19.0. The molecule has 3 fully saturated rings. The number of aliphatic hydroxyl groups is 1. The van der Waals surface area contributed by atoms with Gasteiger partial charge in [0.25, 0.3) is 0 Å². The van der Waals surface area contributed by atoms with Gasteiger partial charge in [-0.2, -0.15) is 0 Å². The SMILES string of the molecule is CCCC1OC(CC(O)CC(CC2CC(C)OC(CN(C)C(=O)/C=C\C(=O)O)O2)OC(C)=O)CC(CC2CC(CC)OC(C)O2)O1. The molecule has 46 heavy (non-hydrogen) atoms. The minimum Gasteiger partial charge on any atom is -0.478 e. The van der Waals surface area contributed by atoms with Crippen molar-refractivity contribution in [3.8, 4) is 0 Å². The first-order valence-corrected chi connectivity index (χ1v) is 16.8. The van der Waals surface area contributed by atoms with E-state index in [1.54, 1.807) is 0 Å². The van der Waals surface area contributed by atoms with Crippen molar-refractivity contribution < 1.29 is 57.8 Å². The number of hydrogen-bond acceptors (Lipinski definition) is 11. The zero-order valence-electron chi connectivity index (χ0n) is 28.2. The number of carboxylic acid groups (broad SMARTS) is 1. The second-order valence-electron chi connectivity index (χ2n) is 12.8. The van der Waals surface area contributed by atoms with E-state index in [9.17, 15) is 19.5 Å². The first kappa shape index (κ1) is 38.3. The van der Waals surface area contributed by atoms with Crippen LogP contribution in [0.1, 0.15) is 98.8 Å². The summed E-state index contributed by atoms with van der Waals surface area (Å²) in [6.45, 7) is 9.43. The molecule has 11 atom stereocenters. The fourth-order valence-corrected chi connectivity index (χ4v) is 6.46. The molecule has 0 aromatic carbocycles. The van der Waals surface area contributed by atoms with E-state index in [0.29, 0.717) is 25.7 Å². The lowest BCUT2D eigenvalue weighted by atomic mass is 9.94. The molecule has 3 aliphatic rings. The molecule has 13 nitrogen and oxygen atoms in total. The van der Waals surface area contributed by atoms with Gasteiger partial charge in [0.2, 0.25) is 5.91 Å². The Kier molecular flexibility index (Phi) is 15.8. The normalized spacial score (nSPS) is 33.3. The Morgan fingerprint density at radius 1 is 0.870 bits per heavy atom. The van der Waals surface area contributed by atoms with Gasteiger partial charge in [0, 0.05) is 58.2 Å². The van der Waals surface area contributed by atoms with Crippen LogP contribution in [-0.4, -0.2) is 114 Å². The highest BCUT2D eigenvalue weighted by Crippen LogP contribution is 2.32. The smallest absolute Gasteiger partial charge is 0.328 e. The van der Waals surface area contributed by atoms with E-state index in [1.807, 2.05) is 13.8 Å². The van der Waals surface area contributed by atoms with Gasteiger partial charge in [-0.25, -0.2) is 4.79 Å². The molecule has 2 N–H and O–H groups in total. The van der Waals surface area contributed by atoms with E-state index in [4.69, 9.17) is 38.3 Å². The van der Waals surface area contributed by atoms with Crippen LogP contribution in [0.25, 0.3) is 0 Å². The highest BCUT2D eigenvalue weighted by atomic mass is 16.7. The summed E-state index contributed by atoms with van der Waals surface area (Å²) in [5.74, 6) is -2.16. The van der Waals surface area contributed by atoms with E-state index >= 15 is 0 Å². The van der Waals surface area contributed by atoms with Gasteiger partial charge < -0.3 is 48.3 Å². The molecule has 0 aliphatic carbocycles. The van der Waals surface area contributed by atoms with Gasteiger partial charge in [-0.05, 0) is 39.5 Å². The maximum atomic E-state index is 12.2. The standard InChI is InChI=1S/C33H55NO12/c1-7-9-32-44-27(17-29(45-32)18-28-15-24(8-2)42-22(5)43-28)14-23(36)13-26(41-21(4)35)16-25-12-20(3)40-33(46-25)19-34(6)30(37)10-11-31(38)39/h10-11,20,22-29,32-33,36H,7-9,12-19H2,1-6H3,(H,38,39)/b11-10-. The van der Waals surface area contributed by atoms with Gasteiger partial charge in [0.05, 0.1) is 49.3 Å². The lowest BCUT2D eigenvalue weighted by Gasteiger charge is -2.40. The first-order valence-electron chi connectivity index (χ1n) is 16.8. The molecule has 0 saturated carbocycles. The minimum absolute atomic E-state index is 0.0304. The Hall–Kier alpha value is -2.13. The van der Waals surface area contributed by atoms with Crippen LogP contribution in [0, 0.1) is 0 Å². The van der Waals surface area contributed by atoms with Crippen molar-refractivity contribution in [1.82, 2.24) is 4.90 Å². The summed E-state index contributed by atoms with van der Waals surface area (Å²) in [6, 6.07) is 0. The molecule has 264 valence electrons. The van der Waals surface area contributed by atoms with Crippen LogP contribution in [0.3, 0.4) is 0 Å². The predicted molar refractivity (Wildman–Crippen MR) is 165 cm³/mol. The van der Waals surface area contributed by atoms with E-state index in [0.717, 1.165) is 44.3 Å². The third-order valence-corrected chi connectivity index (χ3v) is 8.43. The van der Waals surface area contributed by atoms with Crippen molar-refractivity contribution in [2.75, 3.05) is 13.6 Å². The number of esters is 1. The van der Waals surface area contributed by atoms with Crippen molar-refractivity contribution in [2.24, 2.45) is 0 Å². The number of nitrogens with zero attached hydrogens (tertiary/aromatic N) is 1. The third kappa shape index (κ3) is 13.5. The zero-order valence-corrected chi connectivity index (χ0v) is 28.2. The van der Waals surface area contributed by atoms with E-state index in [1.165, 1.54) is 18.9 Å². The van der Waals surface area contributed by atoms with Gasteiger partial charge in [-0.1, -0.05) is 20.3 Å². The van der Waals surface area contributed by atoms with Gasteiger partial charge in [0.1, 0.15) is 6.10 Å². The molecule has 13 heteroatoms. The Labute approximate surface area is 272 Å². The summed E-state index contributed by atoms with van der Waals surface area (Å²) in [5.41, 5.74) is 0. The second-order valence-corrected chi connectivity index (χ2v) is 12.8. The van der Waals surface area contributed by atoms with Gasteiger partial charge in [0.15, 0.2) is 18.9 Å². The topological polar surface area (TPSA) is 160 Å². The van der Waals surface area contributed by atoms with E-state index in [-0.39, 0.29) is 62.2 Å². The largest absolute Gasteiger partial charge is 0.478 e. The minimum atomic E-state index is -1.22. The van der Waals surface area contributed by atoms with E-state index < -0.39 is 36.3 Å². The summed E-state index contributed by atoms with van der Waals surface area (Å²) in [6.07, 6.45) is 4.54. The third-order valence-electron chi connectivity index (χ3n) is 8.43. The van der Waals surface area contributed by atoms with Crippen LogP contribution in [0.15, 0.2) is 12.2 Å². The Balaban J connectivity index is 1.57. The number of amides is 1. The molecule has 1 amide bonds. The fraction of sp³-hybridized carbons (Fsp3) is 0.848. The summed E-state index contributed by atoms with van der Waals surface area (Å²) < 4.78 is 42.0. The van der Waals surface area contributed by atoms with Crippen molar-refractivity contribution in [3.05, 3.63) is 12.2 Å². The summed E-state index contributed by atoms with van der Waals surface area (Å²) >= 11 is 0. The zero-order chi connectivity index (χ0) is 33.8. The van der Waals surface area contributed by atoms with E-state index in [2.05, 4.69) is 13.8 Å². The highest BCUT2D eigenvalue weighted by molar-refractivity contribution is 5.93. The molecule has 3 rings (SSSR count). The number of aliphatic hydroxyl groups excluding tert-OH is 1. The number of carboxylic acids is 1. The number of likely N-dealkylation sites (N-methyl/N-ethyl adjacent to an activating group) is 1. The number of rotatable bonds is 16. The van der Waals surface area contributed by atoms with Crippen LogP contribution in [-0.2, 0) is 47.5 Å². The molecule has 0 bridgehead atoms. The molecule has 0 spiro atoms. The maximum absolute atomic E-state index is 12.2. The number of aliphatic carboxylic acids is 1. The van der Waals surface area contributed by atoms with Crippen LogP contribution in [0.5, 0.6) is 0 Å². The first-order chi connectivity index (χ1) is 21.8. The highest BCUT2D eigenvalue weighted by Gasteiger charge is 2.37. The lowest BCUT2D eigenvalue weighted by Crippen LogP contribution is -2.45. The average molecular weight is 658 g/mol. The lowest BCUT2D eigenvalue weighted by molar-refractivity contribution is -0.271. The predicted octanol–water partition coefficient (Wildman–Crippen LogP) is 3.69. The monoisotopic (exact) mass is 657 g/mol. The molecular weight excluding hydrogens is 602 g/mol. The van der Waals surface area contributed by atoms with Crippen molar-refractivity contribution in [2.45, 2.75) is 167 Å². The molecule has 0 radical (unpaired) electrons. The quantitative estimate of drug-likeness (QED) is 0.183. The van der Waals surface area contributed by atoms with Crippen LogP contribution in [0.2, 0.25) is 0 Å². The fourth-order valence-electron chi connectivity index (χ4n) is 6.46. The Morgan fingerprint density at radius 2 is 1.50 bits per heavy atom. The number of hydrogen-bond donors (Lipinski definition) is 2. The Morgan fingerprint density at radius 3 is 2.17 bits per heavy atom. The average Bonchev–Trinajstić information content (AvgIpc) is 2.94. The molecule has 3 heterocycles. The number of carbonyl (C=O) groups excluding carboxylic acids is 2. The molecule has 0 aromatic heterocycles. The number of carbonyl (C=O) groups is 3. The van der Waals surface area contributed by atoms with Crippen LogP contribution in [0.4, 0.5) is 0 Å². The van der Waals surface area contributed by atoms with Crippen molar-refractivity contribution >= 4 is 17.8 Å². The summed E-state index contributed by atoms with van der Waals surface area (Å²) in [7, 11) is 1.53. The van der Waals surface area contributed by atoms with Crippen LogP contribution < -0.4 is 0 Å². The maximum Gasteiger partial charge on any atom is 0.328 e. The molecule has 0 aromatic rings. The molecule has 3 aliphatic heterocycles. The summed E-state index contributed by atoms with van der Waals surface area (Å²) in [4.78, 5) is 36.3. The van der Waals surface area contributed by atoms with Crippen molar-refractivity contribution in [3.63, 3.8) is 0 Å². The Bertz CT molecular complexity index is 994. The van der Waals surface area contributed by atoms with Gasteiger partial charge in [-0.15, -0.1) is 0 Å². The van der Waals surface area contributed by atoms with Gasteiger partial charge >= 0.3 is 11.9 Å². The van der Waals surface area contributed by atoms with Gasteiger partial charge in [-0.3, -0.25) is 9.59 Å². The van der Waals surface area contributed by atoms with Crippen LogP contribution >= 0.6 is 0 Å². The van der Waals surface area contributed by atoms with Crippen molar-refractivity contribution in [1.29, 1.82) is 0 Å². The molecule has 3 saturated heterocycles. The molecular formula is C33H55NO12. The molecule has 11 unspecified atom stereocenters. The summed E-state index contributed by atoms with van der Waals surface area (Å²) in [5, 5.41) is 20.0. The number of ether oxygens (including phenoxy) is 7.